The first-order valence-electron chi connectivity index (χ1n) is 11.1. The molecule has 2 heterocycles. The Morgan fingerprint density at radius 1 is 1.23 bits per heavy atom. The van der Waals surface area contributed by atoms with E-state index in [9.17, 15) is 4.79 Å². The molecule has 2 aromatic heterocycles. The van der Waals surface area contributed by atoms with Gasteiger partial charge < -0.3 is 4.57 Å². The average Bonchev–Trinajstić information content (AvgIpc) is 3.17. The van der Waals surface area contributed by atoms with Crippen LogP contribution in [0.4, 0.5) is 5.95 Å². The van der Waals surface area contributed by atoms with Gasteiger partial charge in [-0.3, -0.25) is 10.1 Å². The Balaban J connectivity index is 1.72. The van der Waals surface area contributed by atoms with E-state index in [0.29, 0.717) is 10.9 Å². The quantitative estimate of drug-likeness (QED) is 0.613. The normalized spacial score (nSPS) is 15.2. The van der Waals surface area contributed by atoms with Crippen molar-refractivity contribution in [3.8, 4) is 11.3 Å². The fraction of sp³-hybridized carbons (Fsp3) is 0.100. The van der Waals surface area contributed by atoms with Gasteiger partial charge in [0.05, 0.1) is 29.2 Å². The van der Waals surface area contributed by atoms with Crippen LogP contribution in [0.25, 0.3) is 22.2 Å². The molecule has 4 aromatic rings. The SMILES string of the molecule is [2H]c1c([2H])c(C([2H])([2H])[2H])c([2H])c([2H])c1C(=O)Nc1ncc2ccc(-c3cncn3C)cc2n1. The standard InChI is InChI=1S/C20H17N5O/c1-13-3-5-14(6-4-13)19(26)24-20-22-10-16-8-7-15(9-17(16)23-20)18-11-21-12-25(18)2/h3-12H,1-2H3,(H,22,23,24,26)/i1D3,3D,4D,5D,6D. The fourth-order valence-electron chi connectivity index (χ4n) is 2.47. The van der Waals surface area contributed by atoms with Gasteiger partial charge in [-0.1, -0.05) is 29.8 Å². The van der Waals surface area contributed by atoms with E-state index in [-0.39, 0.29) is 5.95 Å². The largest absolute Gasteiger partial charge is 0.334 e. The van der Waals surface area contributed by atoms with Crippen LogP contribution in [0.3, 0.4) is 0 Å². The highest BCUT2D eigenvalue weighted by molar-refractivity contribution is 6.03. The van der Waals surface area contributed by atoms with Crippen molar-refractivity contribution < 1.29 is 14.4 Å². The number of aromatic nitrogens is 4. The number of amides is 1. The number of nitrogens with one attached hydrogen (secondary N) is 1. The van der Waals surface area contributed by atoms with Crippen LogP contribution in [-0.2, 0) is 7.05 Å². The van der Waals surface area contributed by atoms with E-state index in [1.54, 1.807) is 18.6 Å². The fourth-order valence-corrected chi connectivity index (χ4v) is 2.47. The van der Waals surface area contributed by atoms with Crippen molar-refractivity contribution in [2.75, 3.05) is 5.32 Å². The van der Waals surface area contributed by atoms with Gasteiger partial charge in [0.15, 0.2) is 0 Å². The summed E-state index contributed by atoms with van der Waals surface area (Å²) < 4.78 is 56.3. The zero-order chi connectivity index (χ0) is 24.1. The summed E-state index contributed by atoms with van der Waals surface area (Å²) in [4.78, 5) is 25.3. The lowest BCUT2D eigenvalue weighted by atomic mass is 10.1. The number of rotatable bonds is 3. The zero-order valence-corrected chi connectivity index (χ0v) is 13.7. The van der Waals surface area contributed by atoms with Crippen LogP contribution in [0.5, 0.6) is 0 Å². The number of hydrogen-bond donors (Lipinski definition) is 1. The Labute approximate surface area is 160 Å². The molecule has 1 N–H and O–H groups in total. The Bertz CT molecular complexity index is 1390. The predicted molar refractivity (Wildman–Crippen MR) is 101 cm³/mol. The summed E-state index contributed by atoms with van der Waals surface area (Å²) in [6.07, 6.45) is 4.87. The van der Waals surface area contributed by atoms with Crippen molar-refractivity contribution in [2.45, 2.75) is 6.85 Å². The van der Waals surface area contributed by atoms with E-state index in [2.05, 4.69) is 20.3 Å². The second kappa shape index (κ2) is 6.40. The number of carbonyl (C=O) groups excluding carboxylic acids is 1. The highest BCUT2D eigenvalue weighted by Gasteiger charge is 2.09. The van der Waals surface area contributed by atoms with Crippen molar-refractivity contribution in [2.24, 2.45) is 7.05 Å². The van der Waals surface area contributed by atoms with Crippen LogP contribution in [0.1, 0.15) is 25.5 Å². The molecule has 26 heavy (non-hydrogen) atoms. The second-order valence-electron chi connectivity index (χ2n) is 5.56. The molecule has 0 unspecified atom stereocenters. The Kier molecular flexibility index (Phi) is 2.42. The number of benzene rings is 2. The van der Waals surface area contributed by atoms with Crippen molar-refractivity contribution in [3.63, 3.8) is 0 Å². The molecule has 0 spiro atoms. The summed E-state index contributed by atoms with van der Waals surface area (Å²) in [6.45, 7) is -2.86. The summed E-state index contributed by atoms with van der Waals surface area (Å²) in [7, 11) is 1.85. The number of carbonyl (C=O) groups is 1. The lowest BCUT2D eigenvalue weighted by Gasteiger charge is -2.07. The maximum absolute atomic E-state index is 12.8. The third-order valence-corrected chi connectivity index (χ3v) is 3.77. The van der Waals surface area contributed by atoms with E-state index in [0.717, 1.165) is 11.3 Å². The number of aryl methyl sites for hydroxylation is 1. The van der Waals surface area contributed by atoms with E-state index >= 15 is 0 Å². The van der Waals surface area contributed by atoms with Gasteiger partial charge in [-0.25, -0.2) is 15.0 Å². The lowest BCUT2D eigenvalue weighted by Crippen LogP contribution is -2.14. The Morgan fingerprint density at radius 3 is 2.81 bits per heavy atom. The Morgan fingerprint density at radius 2 is 2.08 bits per heavy atom. The molecule has 0 aliphatic rings. The molecule has 4 rings (SSSR count). The second-order valence-corrected chi connectivity index (χ2v) is 5.56. The lowest BCUT2D eigenvalue weighted by molar-refractivity contribution is 0.102. The topological polar surface area (TPSA) is 72.7 Å². The third kappa shape index (κ3) is 3.04. The van der Waals surface area contributed by atoms with Gasteiger partial charge in [0, 0.05) is 33.9 Å². The minimum Gasteiger partial charge on any atom is -0.334 e. The smallest absolute Gasteiger partial charge is 0.258 e. The Hall–Kier alpha value is -3.54. The first-order valence-corrected chi connectivity index (χ1v) is 7.64. The number of hydrogen-bond acceptors (Lipinski definition) is 4. The number of nitrogens with zero attached hydrogens (tertiary/aromatic N) is 4. The van der Waals surface area contributed by atoms with Gasteiger partial charge in [0.25, 0.3) is 5.91 Å². The molecule has 0 saturated heterocycles. The highest BCUT2D eigenvalue weighted by Crippen LogP contribution is 2.23. The molecule has 6 nitrogen and oxygen atoms in total. The van der Waals surface area contributed by atoms with Gasteiger partial charge in [-0.05, 0) is 25.0 Å². The van der Waals surface area contributed by atoms with Crippen molar-refractivity contribution >= 4 is 22.8 Å². The monoisotopic (exact) mass is 350 g/mol. The molecule has 0 aliphatic heterocycles. The summed E-state index contributed by atoms with van der Waals surface area (Å²) >= 11 is 0. The first-order chi connectivity index (χ1) is 15.5. The van der Waals surface area contributed by atoms with Crippen LogP contribution in [-0.4, -0.2) is 25.4 Å². The van der Waals surface area contributed by atoms with Gasteiger partial charge in [-0.15, -0.1) is 0 Å². The highest BCUT2D eigenvalue weighted by atomic mass is 16.1. The molecule has 1 amide bonds. The van der Waals surface area contributed by atoms with Crippen molar-refractivity contribution in [1.82, 2.24) is 19.5 Å². The molecular formula is C20H17N5O. The molecule has 128 valence electrons. The zero-order valence-electron chi connectivity index (χ0n) is 20.7. The average molecular weight is 350 g/mol. The van der Waals surface area contributed by atoms with Crippen LogP contribution in [0, 0.1) is 6.85 Å². The summed E-state index contributed by atoms with van der Waals surface area (Å²) in [5.41, 5.74) is 0.901. The molecule has 2 aromatic carbocycles. The summed E-state index contributed by atoms with van der Waals surface area (Å²) in [5, 5.41) is 3.10. The number of fused-ring (bicyclic) bond motifs is 1. The van der Waals surface area contributed by atoms with E-state index < -0.39 is 48.1 Å². The van der Waals surface area contributed by atoms with E-state index in [4.69, 9.17) is 9.60 Å². The maximum Gasteiger partial charge on any atom is 0.258 e. The van der Waals surface area contributed by atoms with Crippen molar-refractivity contribution in [3.05, 3.63) is 72.2 Å². The molecule has 0 fully saturated rings. The van der Waals surface area contributed by atoms with Gasteiger partial charge in [0.1, 0.15) is 0 Å². The molecule has 0 aliphatic carbocycles. The van der Waals surface area contributed by atoms with Crippen LogP contribution in [0.15, 0.2) is 61.1 Å². The summed E-state index contributed by atoms with van der Waals surface area (Å²) in [5.74, 6) is -1.09. The van der Waals surface area contributed by atoms with Crippen LogP contribution < -0.4 is 5.32 Å². The molecule has 0 bridgehead atoms. The van der Waals surface area contributed by atoms with Gasteiger partial charge in [-0.2, -0.15) is 0 Å². The predicted octanol–water partition coefficient (Wildman–Crippen LogP) is 3.59. The minimum absolute atomic E-state index is 0.105. The maximum atomic E-state index is 12.8. The van der Waals surface area contributed by atoms with E-state index in [1.807, 2.05) is 23.7 Å². The molecular weight excluding hydrogens is 326 g/mol. The van der Waals surface area contributed by atoms with Gasteiger partial charge >= 0.3 is 0 Å². The third-order valence-electron chi connectivity index (χ3n) is 3.77. The number of imidazole rings is 1. The minimum atomic E-state index is -2.86. The molecule has 0 radical (unpaired) electrons. The van der Waals surface area contributed by atoms with Crippen LogP contribution in [0.2, 0.25) is 0 Å². The first kappa shape index (κ1) is 9.82. The van der Waals surface area contributed by atoms with Crippen LogP contribution >= 0.6 is 0 Å². The van der Waals surface area contributed by atoms with Gasteiger partial charge in [0.2, 0.25) is 5.95 Å². The molecule has 0 saturated carbocycles. The van der Waals surface area contributed by atoms with E-state index in [1.165, 1.54) is 6.20 Å². The number of anilines is 1. The molecule has 0 atom stereocenters. The van der Waals surface area contributed by atoms with Crippen molar-refractivity contribution in [1.29, 1.82) is 0 Å². The molecule has 6 heteroatoms. The summed E-state index contributed by atoms with van der Waals surface area (Å²) in [6, 6.07) is 2.42.